The zero-order valence-corrected chi connectivity index (χ0v) is 13.9. The van der Waals surface area contributed by atoms with Crippen LogP contribution < -0.4 is 4.74 Å². The highest BCUT2D eigenvalue weighted by molar-refractivity contribution is 5.29. The molecular weight excluding hydrogens is 304 g/mol. The minimum absolute atomic E-state index is 0.0367. The highest BCUT2D eigenvalue weighted by atomic mass is 16.5. The van der Waals surface area contributed by atoms with Crippen LogP contribution in [0.2, 0.25) is 0 Å². The molecule has 1 fully saturated rings. The van der Waals surface area contributed by atoms with Crippen LogP contribution in [0, 0.1) is 0 Å². The quantitative estimate of drug-likeness (QED) is 0.866. The van der Waals surface area contributed by atoms with Crippen molar-refractivity contribution in [2.75, 3.05) is 7.11 Å². The zero-order valence-electron chi connectivity index (χ0n) is 13.9. The summed E-state index contributed by atoms with van der Waals surface area (Å²) in [5, 5.41) is 19.8. The first-order valence-electron chi connectivity index (χ1n) is 8.42. The molecule has 3 rings (SSSR count). The van der Waals surface area contributed by atoms with Crippen molar-refractivity contribution >= 4 is 0 Å². The van der Waals surface area contributed by atoms with E-state index >= 15 is 0 Å². The number of hydrogen-bond donors (Lipinski definition) is 2. The van der Waals surface area contributed by atoms with E-state index in [9.17, 15) is 10.2 Å². The summed E-state index contributed by atoms with van der Waals surface area (Å²) in [6.45, 7) is 0. The van der Waals surface area contributed by atoms with Gasteiger partial charge in [0, 0.05) is 6.42 Å². The average molecular weight is 328 g/mol. The SMILES string of the molecule is COc1ccc([C@@H]2CCC[C@H](CC(O)c3ccc(O)cc3)O2)cc1. The van der Waals surface area contributed by atoms with Gasteiger partial charge in [-0.2, -0.15) is 0 Å². The molecular formula is C20H24O4. The Bertz CT molecular complexity index is 636. The summed E-state index contributed by atoms with van der Waals surface area (Å²) in [6, 6.07) is 14.7. The van der Waals surface area contributed by atoms with Gasteiger partial charge < -0.3 is 19.7 Å². The van der Waals surface area contributed by atoms with E-state index in [0.717, 1.165) is 36.1 Å². The van der Waals surface area contributed by atoms with Crippen LogP contribution in [0.4, 0.5) is 0 Å². The maximum Gasteiger partial charge on any atom is 0.118 e. The number of aromatic hydroxyl groups is 1. The molecule has 1 unspecified atom stereocenters. The Hall–Kier alpha value is -2.04. The van der Waals surface area contributed by atoms with Gasteiger partial charge in [-0.25, -0.2) is 0 Å². The van der Waals surface area contributed by atoms with Crippen molar-refractivity contribution in [3.05, 3.63) is 59.7 Å². The molecule has 0 spiro atoms. The molecule has 0 bridgehead atoms. The predicted molar refractivity (Wildman–Crippen MR) is 92.1 cm³/mol. The van der Waals surface area contributed by atoms with E-state index in [1.165, 1.54) is 0 Å². The summed E-state index contributed by atoms with van der Waals surface area (Å²) in [7, 11) is 1.66. The van der Waals surface area contributed by atoms with Crippen molar-refractivity contribution in [1.82, 2.24) is 0 Å². The van der Waals surface area contributed by atoms with Gasteiger partial charge in [0.1, 0.15) is 11.5 Å². The summed E-state index contributed by atoms with van der Waals surface area (Å²) in [4.78, 5) is 0. The maximum atomic E-state index is 10.4. The molecule has 0 aliphatic carbocycles. The van der Waals surface area contributed by atoms with Crippen molar-refractivity contribution in [3.63, 3.8) is 0 Å². The third kappa shape index (κ3) is 4.08. The van der Waals surface area contributed by atoms with Gasteiger partial charge in [-0.05, 0) is 54.7 Å². The Kier molecular flexibility index (Phi) is 5.38. The van der Waals surface area contributed by atoms with Crippen LogP contribution in [-0.2, 0) is 4.74 Å². The van der Waals surface area contributed by atoms with E-state index in [4.69, 9.17) is 9.47 Å². The second kappa shape index (κ2) is 7.69. The lowest BCUT2D eigenvalue weighted by Crippen LogP contribution is -2.24. The smallest absolute Gasteiger partial charge is 0.118 e. The number of benzene rings is 2. The summed E-state index contributed by atoms with van der Waals surface area (Å²) in [6.07, 6.45) is 3.14. The van der Waals surface area contributed by atoms with E-state index in [1.807, 2.05) is 24.3 Å². The van der Waals surface area contributed by atoms with Gasteiger partial charge in [0.2, 0.25) is 0 Å². The van der Waals surface area contributed by atoms with Gasteiger partial charge in [0.15, 0.2) is 0 Å². The van der Waals surface area contributed by atoms with Gasteiger partial charge in [-0.1, -0.05) is 24.3 Å². The maximum absolute atomic E-state index is 10.4. The van der Waals surface area contributed by atoms with Crippen molar-refractivity contribution in [2.45, 2.75) is 44.0 Å². The number of methoxy groups -OCH3 is 1. The molecule has 2 aromatic rings. The summed E-state index contributed by atoms with van der Waals surface area (Å²) in [5.41, 5.74) is 1.96. The van der Waals surface area contributed by atoms with E-state index in [0.29, 0.717) is 6.42 Å². The molecule has 1 saturated heterocycles. The second-order valence-corrected chi connectivity index (χ2v) is 6.29. The third-order valence-corrected chi connectivity index (χ3v) is 4.60. The molecule has 1 aliphatic heterocycles. The number of aliphatic hydroxyl groups excluding tert-OH is 1. The van der Waals surface area contributed by atoms with Crippen LogP contribution in [0.3, 0.4) is 0 Å². The fourth-order valence-corrected chi connectivity index (χ4v) is 3.22. The minimum atomic E-state index is -0.579. The molecule has 1 aliphatic rings. The number of rotatable bonds is 5. The van der Waals surface area contributed by atoms with E-state index in [1.54, 1.807) is 31.4 Å². The molecule has 2 aromatic carbocycles. The monoisotopic (exact) mass is 328 g/mol. The topological polar surface area (TPSA) is 58.9 Å². The highest BCUT2D eigenvalue weighted by Gasteiger charge is 2.26. The average Bonchev–Trinajstić information content (AvgIpc) is 2.62. The van der Waals surface area contributed by atoms with Crippen LogP contribution >= 0.6 is 0 Å². The molecule has 0 saturated carbocycles. The van der Waals surface area contributed by atoms with Crippen molar-refractivity contribution in [2.24, 2.45) is 0 Å². The molecule has 24 heavy (non-hydrogen) atoms. The Morgan fingerprint density at radius 3 is 2.46 bits per heavy atom. The number of phenolic OH excluding ortho intramolecular Hbond substituents is 1. The Morgan fingerprint density at radius 2 is 1.79 bits per heavy atom. The van der Waals surface area contributed by atoms with E-state index in [2.05, 4.69) is 0 Å². The lowest BCUT2D eigenvalue weighted by molar-refractivity contribution is -0.0709. The second-order valence-electron chi connectivity index (χ2n) is 6.29. The lowest BCUT2D eigenvalue weighted by Gasteiger charge is -2.31. The summed E-state index contributed by atoms with van der Waals surface area (Å²) < 4.78 is 11.4. The van der Waals surface area contributed by atoms with Gasteiger partial charge in [0.05, 0.1) is 25.4 Å². The molecule has 128 valence electrons. The molecule has 0 aromatic heterocycles. The molecule has 4 nitrogen and oxygen atoms in total. The molecule has 3 atom stereocenters. The Balaban J connectivity index is 1.61. The first kappa shape index (κ1) is 16.8. The lowest BCUT2D eigenvalue weighted by atomic mass is 9.94. The molecule has 4 heteroatoms. The van der Waals surface area contributed by atoms with Crippen LogP contribution in [0.5, 0.6) is 11.5 Å². The normalized spacial score (nSPS) is 22.1. The van der Waals surface area contributed by atoms with Gasteiger partial charge >= 0.3 is 0 Å². The first-order chi connectivity index (χ1) is 11.7. The van der Waals surface area contributed by atoms with Crippen molar-refractivity contribution in [3.8, 4) is 11.5 Å². The fourth-order valence-electron chi connectivity index (χ4n) is 3.22. The van der Waals surface area contributed by atoms with Gasteiger partial charge in [-0.15, -0.1) is 0 Å². The Labute approximate surface area is 142 Å². The number of aliphatic hydroxyl groups is 1. The van der Waals surface area contributed by atoms with Gasteiger partial charge in [-0.3, -0.25) is 0 Å². The van der Waals surface area contributed by atoms with Gasteiger partial charge in [0.25, 0.3) is 0 Å². The number of ether oxygens (including phenoxy) is 2. The molecule has 0 amide bonds. The number of hydrogen-bond acceptors (Lipinski definition) is 4. The largest absolute Gasteiger partial charge is 0.508 e. The third-order valence-electron chi connectivity index (χ3n) is 4.60. The van der Waals surface area contributed by atoms with Crippen LogP contribution in [0.15, 0.2) is 48.5 Å². The number of phenols is 1. The Morgan fingerprint density at radius 1 is 1.08 bits per heavy atom. The van der Waals surface area contributed by atoms with E-state index < -0.39 is 6.10 Å². The minimum Gasteiger partial charge on any atom is -0.508 e. The molecule has 1 heterocycles. The summed E-state index contributed by atoms with van der Waals surface area (Å²) in [5.74, 6) is 1.05. The zero-order chi connectivity index (χ0) is 16.9. The van der Waals surface area contributed by atoms with Crippen LogP contribution in [0.25, 0.3) is 0 Å². The first-order valence-corrected chi connectivity index (χ1v) is 8.42. The van der Waals surface area contributed by atoms with Crippen molar-refractivity contribution < 1.29 is 19.7 Å². The van der Waals surface area contributed by atoms with Crippen molar-refractivity contribution in [1.29, 1.82) is 0 Å². The standard InChI is InChI=1S/C20H24O4/c1-23-17-11-7-15(8-12-17)20-4-2-3-18(24-20)13-19(22)14-5-9-16(21)10-6-14/h5-12,18-22H,2-4,13H2,1H3/t18-,19?,20+/m1/s1. The highest BCUT2D eigenvalue weighted by Crippen LogP contribution is 2.35. The molecule has 2 N–H and O–H groups in total. The fraction of sp³-hybridized carbons (Fsp3) is 0.400. The summed E-state index contributed by atoms with van der Waals surface area (Å²) >= 11 is 0. The van der Waals surface area contributed by atoms with Crippen LogP contribution in [0.1, 0.15) is 49.0 Å². The predicted octanol–water partition coefficient (Wildman–Crippen LogP) is 4.13. The van der Waals surface area contributed by atoms with E-state index in [-0.39, 0.29) is 18.0 Å². The van der Waals surface area contributed by atoms with Crippen LogP contribution in [-0.4, -0.2) is 23.4 Å². The molecule has 0 radical (unpaired) electrons.